The van der Waals surface area contributed by atoms with E-state index in [-0.39, 0.29) is 11.3 Å². The van der Waals surface area contributed by atoms with E-state index in [0.717, 1.165) is 55.3 Å². The fourth-order valence-electron chi connectivity index (χ4n) is 7.07. The largest absolute Gasteiger partial charge is 0.367 e. The van der Waals surface area contributed by atoms with Crippen molar-refractivity contribution in [3.63, 3.8) is 0 Å². The van der Waals surface area contributed by atoms with E-state index in [1.54, 1.807) is 0 Å². The molecular formula is C24H34N4OS. The van der Waals surface area contributed by atoms with Crippen molar-refractivity contribution in [2.24, 2.45) is 23.2 Å². The van der Waals surface area contributed by atoms with E-state index >= 15 is 0 Å². The van der Waals surface area contributed by atoms with Gasteiger partial charge in [0.05, 0.1) is 11.4 Å². The number of carbonyl (C=O) groups is 1. The van der Waals surface area contributed by atoms with Crippen LogP contribution in [0.3, 0.4) is 0 Å². The number of benzene rings is 1. The first-order valence-corrected chi connectivity index (χ1v) is 12.0. The zero-order valence-electron chi connectivity index (χ0n) is 18.0. The van der Waals surface area contributed by atoms with Gasteiger partial charge in [0, 0.05) is 32.6 Å². The molecule has 0 atom stereocenters. The van der Waals surface area contributed by atoms with Gasteiger partial charge in [0.25, 0.3) is 0 Å². The number of para-hydroxylation sites is 2. The minimum absolute atomic E-state index is 0.0894. The molecule has 5 fully saturated rings. The van der Waals surface area contributed by atoms with E-state index in [2.05, 4.69) is 39.6 Å². The molecule has 4 aliphatic carbocycles. The maximum absolute atomic E-state index is 12.9. The summed E-state index contributed by atoms with van der Waals surface area (Å²) < 4.78 is 0. The molecule has 6 rings (SSSR count). The van der Waals surface area contributed by atoms with Crippen LogP contribution in [0.2, 0.25) is 0 Å². The van der Waals surface area contributed by atoms with Crippen LogP contribution < -0.4 is 15.5 Å². The summed E-state index contributed by atoms with van der Waals surface area (Å²) in [5.41, 5.74) is 2.37. The Morgan fingerprint density at radius 3 is 2.27 bits per heavy atom. The van der Waals surface area contributed by atoms with Crippen LogP contribution in [0.5, 0.6) is 0 Å². The van der Waals surface area contributed by atoms with Gasteiger partial charge in [0.2, 0.25) is 5.91 Å². The number of carbonyl (C=O) groups excluding carboxylic acids is 1. The highest BCUT2D eigenvalue weighted by Crippen LogP contribution is 2.61. The van der Waals surface area contributed by atoms with Gasteiger partial charge in [-0.2, -0.15) is 0 Å². The van der Waals surface area contributed by atoms with Gasteiger partial charge in [-0.3, -0.25) is 4.79 Å². The lowest BCUT2D eigenvalue weighted by Crippen LogP contribution is -2.48. The first-order chi connectivity index (χ1) is 14.5. The molecule has 1 saturated heterocycles. The third kappa shape index (κ3) is 4.22. The van der Waals surface area contributed by atoms with Crippen molar-refractivity contribution in [2.75, 3.05) is 43.4 Å². The Morgan fingerprint density at radius 2 is 1.63 bits per heavy atom. The van der Waals surface area contributed by atoms with Crippen LogP contribution in [0, 0.1) is 23.2 Å². The number of nitrogens with zero attached hydrogens (tertiary/aromatic N) is 2. The van der Waals surface area contributed by atoms with Gasteiger partial charge in [-0.15, -0.1) is 0 Å². The van der Waals surface area contributed by atoms with E-state index in [1.807, 2.05) is 12.1 Å². The van der Waals surface area contributed by atoms with Crippen LogP contribution in [0.1, 0.15) is 44.9 Å². The molecule has 4 bridgehead atoms. The van der Waals surface area contributed by atoms with Gasteiger partial charge >= 0.3 is 0 Å². The Bertz CT molecular complexity index is 782. The Balaban J connectivity index is 1.19. The third-order valence-corrected chi connectivity index (χ3v) is 8.15. The van der Waals surface area contributed by atoms with Crippen LogP contribution in [-0.4, -0.2) is 49.1 Å². The molecule has 1 aromatic carbocycles. The minimum atomic E-state index is 0.0894. The van der Waals surface area contributed by atoms with Gasteiger partial charge in [0.15, 0.2) is 5.11 Å². The summed E-state index contributed by atoms with van der Waals surface area (Å²) in [5, 5.41) is 6.72. The number of hydrogen-bond donors (Lipinski definition) is 2. The lowest BCUT2D eigenvalue weighted by atomic mass is 9.49. The zero-order chi connectivity index (χ0) is 20.7. The highest BCUT2D eigenvalue weighted by molar-refractivity contribution is 7.80. The second kappa shape index (κ2) is 8.12. The first kappa shape index (κ1) is 20.3. The number of rotatable bonds is 4. The number of likely N-dealkylation sites (N-methyl/N-ethyl adjacent to an activating group) is 1. The summed E-state index contributed by atoms with van der Waals surface area (Å²) in [6.45, 7) is 4.11. The topological polar surface area (TPSA) is 47.6 Å². The number of thiocarbonyl (C=S) groups is 1. The number of hydrogen-bond acceptors (Lipinski definition) is 4. The van der Waals surface area contributed by atoms with Crippen LogP contribution in [0.4, 0.5) is 11.4 Å². The number of anilines is 2. The normalized spacial score (nSPS) is 32.8. The molecule has 2 N–H and O–H groups in total. The molecule has 4 saturated carbocycles. The van der Waals surface area contributed by atoms with E-state index in [1.165, 1.54) is 38.5 Å². The Morgan fingerprint density at radius 1 is 1.03 bits per heavy atom. The molecule has 0 unspecified atom stereocenters. The van der Waals surface area contributed by atoms with E-state index in [0.29, 0.717) is 11.5 Å². The van der Waals surface area contributed by atoms with E-state index in [9.17, 15) is 4.79 Å². The van der Waals surface area contributed by atoms with E-state index < -0.39 is 0 Å². The van der Waals surface area contributed by atoms with Crippen molar-refractivity contribution in [1.29, 1.82) is 0 Å². The molecule has 5 aliphatic rings. The Hall–Kier alpha value is -1.66. The smallest absolute Gasteiger partial charge is 0.226 e. The molecule has 5 nitrogen and oxygen atoms in total. The molecule has 1 heterocycles. The SMILES string of the molecule is CN1CCN(c2ccccc2NC(=S)NC(=O)CC23CC4CC(CC(C4)C2)C3)CC1. The number of nitrogens with one attached hydrogen (secondary N) is 2. The number of amides is 1. The van der Waals surface area contributed by atoms with Gasteiger partial charge in [-0.05, 0) is 93.1 Å². The Labute approximate surface area is 185 Å². The first-order valence-electron chi connectivity index (χ1n) is 11.6. The van der Waals surface area contributed by atoms with Crippen LogP contribution in [0.15, 0.2) is 24.3 Å². The quantitative estimate of drug-likeness (QED) is 0.716. The summed E-state index contributed by atoms with van der Waals surface area (Å²) >= 11 is 5.53. The molecule has 1 aromatic rings. The fourth-order valence-corrected chi connectivity index (χ4v) is 7.30. The predicted octanol–water partition coefficient (Wildman–Crippen LogP) is 3.86. The molecule has 1 aliphatic heterocycles. The standard InChI is InChI=1S/C24H34N4OS/c1-27-6-8-28(9-7-27)21-5-3-2-4-20(21)25-23(30)26-22(29)16-24-13-17-10-18(14-24)12-19(11-17)15-24/h2-5,17-19H,6-16H2,1H3,(H2,25,26,29,30). The Kier molecular flexibility index (Phi) is 5.48. The molecular weight excluding hydrogens is 392 g/mol. The predicted molar refractivity (Wildman–Crippen MR) is 126 cm³/mol. The molecule has 30 heavy (non-hydrogen) atoms. The molecule has 1 amide bonds. The second-order valence-corrected chi connectivity index (χ2v) is 10.8. The average Bonchev–Trinajstić information content (AvgIpc) is 2.67. The van der Waals surface area contributed by atoms with Crippen LogP contribution >= 0.6 is 12.2 Å². The van der Waals surface area contributed by atoms with Crippen molar-refractivity contribution in [2.45, 2.75) is 44.9 Å². The molecule has 162 valence electrons. The third-order valence-electron chi connectivity index (χ3n) is 7.95. The van der Waals surface area contributed by atoms with Gasteiger partial charge in [-0.25, -0.2) is 0 Å². The summed E-state index contributed by atoms with van der Waals surface area (Å²) in [6.07, 6.45) is 8.60. The van der Waals surface area contributed by atoms with E-state index in [4.69, 9.17) is 12.2 Å². The second-order valence-electron chi connectivity index (χ2n) is 10.4. The van der Waals surface area contributed by atoms with Crippen molar-refractivity contribution in [3.8, 4) is 0 Å². The maximum Gasteiger partial charge on any atom is 0.226 e. The highest BCUT2D eigenvalue weighted by atomic mass is 32.1. The molecule has 0 aromatic heterocycles. The maximum atomic E-state index is 12.9. The summed E-state index contributed by atoms with van der Waals surface area (Å²) in [6, 6.07) is 8.26. The minimum Gasteiger partial charge on any atom is -0.367 e. The average molecular weight is 427 g/mol. The van der Waals surface area contributed by atoms with Crippen molar-refractivity contribution >= 4 is 34.6 Å². The fraction of sp³-hybridized carbons (Fsp3) is 0.667. The van der Waals surface area contributed by atoms with Gasteiger partial charge < -0.3 is 20.4 Å². The molecule has 0 radical (unpaired) electrons. The van der Waals surface area contributed by atoms with Crippen LogP contribution in [0.25, 0.3) is 0 Å². The molecule has 6 heteroatoms. The zero-order valence-corrected chi connectivity index (χ0v) is 18.8. The summed E-state index contributed by atoms with van der Waals surface area (Å²) in [5.74, 6) is 2.69. The lowest BCUT2D eigenvalue weighted by Gasteiger charge is -2.56. The van der Waals surface area contributed by atoms with Crippen molar-refractivity contribution in [1.82, 2.24) is 10.2 Å². The molecule has 0 spiro atoms. The number of piperazine rings is 1. The lowest BCUT2D eigenvalue weighted by molar-refractivity contribution is -0.127. The van der Waals surface area contributed by atoms with Crippen molar-refractivity contribution < 1.29 is 4.79 Å². The van der Waals surface area contributed by atoms with Gasteiger partial charge in [-0.1, -0.05) is 12.1 Å². The van der Waals surface area contributed by atoms with Gasteiger partial charge in [0.1, 0.15) is 0 Å². The van der Waals surface area contributed by atoms with Crippen LogP contribution in [-0.2, 0) is 4.79 Å². The monoisotopic (exact) mass is 426 g/mol. The highest BCUT2D eigenvalue weighted by Gasteiger charge is 2.51. The summed E-state index contributed by atoms with van der Waals surface area (Å²) in [4.78, 5) is 17.6. The summed E-state index contributed by atoms with van der Waals surface area (Å²) in [7, 11) is 2.16. The van der Waals surface area contributed by atoms with Crippen molar-refractivity contribution in [3.05, 3.63) is 24.3 Å².